The van der Waals surface area contributed by atoms with Crippen molar-refractivity contribution in [3.8, 4) is 0 Å². The zero-order valence-corrected chi connectivity index (χ0v) is 7.53. The van der Waals surface area contributed by atoms with Gasteiger partial charge in [0.05, 0.1) is 11.8 Å². The quantitative estimate of drug-likeness (QED) is 0.558. The molecule has 1 amide bonds. The predicted molar refractivity (Wildman–Crippen MR) is 41.3 cm³/mol. The van der Waals surface area contributed by atoms with Gasteiger partial charge in [-0.25, -0.2) is 8.42 Å². The molecular formula is C5H12N2O3S. The summed E-state index contributed by atoms with van der Waals surface area (Å²) in [7, 11) is -3.49. The summed E-state index contributed by atoms with van der Waals surface area (Å²) < 4.78 is 22.8. The largest absolute Gasteiger partial charge is 0.318 e. The summed E-state index contributed by atoms with van der Waals surface area (Å²) in [5, 5.41) is 0. The lowest BCUT2D eigenvalue weighted by atomic mass is 10.1. The zero-order valence-electron chi connectivity index (χ0n) is 6.71. The molecule has 0 saturated heterocycles. The topological polar surface area (TPSA) is 89.3 Å². The minimum absolute atomic E-state index is 0.708. The van der Waals surface area contributed by atoms with Gasteiger partial charge in [-0.1, -0.05) is 0 Å². The van der Waals surface area contributed by atoms with Crippen LogP contribution in [0.5, 0.6) is 0 Å². The van der Waals surface area contributed by atoms with Gasteiger partial charge in [-0.3, -0.25) is 9.52 Å². The predicted octanol–water partition coefficient (Wildman–Crippen LogP) is -1.20. The maximum Gasteiger partial charge on any atom is 0.252 e. The molecule has 0 heterocycles. The highest BCUT2D eigenvalue weighted by molar-refractivity contribution is 7.89. The van der Waals surface area contributed by atoms with E-state index in [1.165, 1.54) is 13.8 Å². The highest BCUT2D eigenvalue weighted by atomic mass is 32.2. The van der Waals surface area contributed by atoms with Crippen LogP contribution in [0.2, 0.25) is 0 Å². The van der Waals surface area contributed by atoms with Crippen molar-refractivity contribution in [2.45, 2.75) is 19.4 Å². The van der Waals surface area contributed by atoms with Gasteiger partial charge in [0.15, 0.2) is 0 Å². The van der Waals surface area contributed by atoms with Crippen LogP contribution >= 0.6 is 0 Å². The van der Waals surface area contributed by atoms with Gasteiger partial charge in [0.25, 0.3) is 5.91 Å². The summed E-state index contributed by atoms with van der Waals surface area (Å²) in [4.78, 5) is 10.9. The lowest BCUT2D eigenvalue weighted by Crippen LogP contribution is -2.50. The van der Waals surface area contributed by atoms with Crippen molar-refractivity contribution in [2.24, 2.45) is 5.73 Å². The van der Waals surface area contributed by atoms with Crippen molar-refractivity contribution in [3.63, 3.8) is 0 Å². The Morgan fingerprint density at radius 2 is 1.82 bits per heavy atom. The van der Waals surface area contributed by atoms with Crippen LogP contribution in [0.1, 0.15) is 13.8 Å². The van der Waals surface area contributed by atoms with Crippen LogP contribution in [0.25, 0.3) is 0 Å². The third-order valence-electron chi connectivity index (χ3n) is 0.863. The second-order valence-corrected chi connectivity index (χ2v) is 4.67. The Morgan fingerprint density at radius 1 is 1.45 bits per heavy atom. The molecule has 0 aromatic rings. The van der Waals surface area contributed by atoms with Crippen molar-refractivity contribution in [1.29, 1.82) is 0 Å². The van der Waals surface area contributed by atoms with Crippen molar-refractivity contribution in [2.75, 3.05) is 6.26 Å². The molecule has 0 aromatic heterocycles. The van der Waals surface area contributed by atoms with E-state index < -0.39 is 21.5 Å². The summed E-state index contributed by atoms with van der Waals surface area (Å²) in [6.07, 6.45) is 0.899. The van der Waals surface area contributed by atoms with Crippen LogP contribution in [0.15, 0.2) is 0 Å². The second-order valence-electron chi connectivity index (χ2n) is 2.93. The molecule has 3 N–H and O–H groups in total. The number of nitrogens with two attached hydrogens (primary N) is 1. The van der Waals surface area contributed by atoms with Crippen molar-refractivity contribution >= 4 is 15.9 Å². The minimum Gasteiger partial charge on any atom is -0.318 e. The van der Waals surface area contributed by atoms with Crippen LogP contribution in [0.4, 0.5) is 0 Å². The summed E-state index contributed by atoms with van der Waals surface area (Å²) in [5.41, 5.74) is 4.15. The standard InChI is InChI=1S/C5H12N2O3S/c1-5(2,6)4(8)7-11(3,9)10/h6H2,1-3H3,(H,7,8). The Labute approximate surface area is 66.0 Å². The van der Waals surface area contributed by atoms with E-state index in [9.17, 15) is 13.2 Å². The molecule has 0 rings (SSSR count). The molecule has 0 aliphatic rings. The second kappa shape index (κ2) is 2.78. The number of rotatable bonds is 2. The highest BCUT2D eigenvalue weighted by Crippen LogP contribution is 1.96. The van der Waals surface area contributed by atoms with E-state index in [0.717, 1.165) is 6.26 Å². The first-order valence-electron chi connectivity index (χ1n) is 2.94. The molecular weight excluding hydrogens is 168 g/mol. The fourth-order valence-corrected chi connectivity index (χ4v) is 0.900. The summed E-state index contributed by atoms with van der Waals surface area (Å²) in [6.45, 7) is 2.85. The molecule has 0 saturated carbocycles. The van der Waals surface area contributed by atoms with E-state index in [2.05, 4.69) is 0 Å². The Kier molecular flexibility index (Phi) is 2.63. The molecule has 0 aromatic carbocycles. The average molecular weight is 180 g/mol. The van der Waals surface area contributed by atoms with Crippen molar-refractivity contribution < 1.29 is 13.2 Å². The van der Waals surface area contributed by atoms with E-state index in [-0.39, 0.29) is 0 Å². The van der Waals surface area contributed by atoms with Crippen LogP contribution < -0.4 is 10.5 Å². The smallest absolute Gasteiger partial charge is 0.252 e. The van der Waals surface area contributed by atoms with Gasteiger partial charge >= 0.3 is 0 Å². The van der Waals surface area contributed by atoms with Gasteiger partial charge in [-0.15, -0.1) is 0 Å². The summed E-state index contributed by atoms with van der Waals surface area (Å²) in [5.74, 6) is -0.708. The van der Waals surface area contributed by atoms with Crippen LogP contribution in [0, 0.1) is 0 Å². The number of carbonyl (C=O) groups excluding carboxylic acids is 1. The Bertz CT molecular complexity index is 249. The third kappa shape index (κ3) is 4.74. The monoisotopic (exact) mass is 180 g/mol. The number of hydrogen-bond acceptors (Lipinski definition) is 4. The zero-order chi connectivity index (χ0) is 9.28. The van der Waals surface area contributed by atoms with Crippen molar-refractivity contribution in [1.82, 2.24) is 4.72 Å². The first-order chi connectivity index (χ1) is 4.63. The fourth-order valence-electron chi connectivity index (χ4n) is 0.300. The molecule has 0 aliphatic carbocycles. The van der Waals surface area contributed by atoms with Crippen molar-refractivity contribution in [3.05, 3.63) is 0 Å². The highest BCUT2D eigenvalue weighted by Gasteiger charge is 2.24. The minimum atomic E-state index is -3.49. The molecule has 0 unspecified atom stereocenters. The first kappa shape index (κ1) is 10.4. The van der Waals surface area contributed by atoms with Crippen LogP contribution in [-0.4, -0.2) is 26.1 Å². The number of carbonyl (C=O) groups is 1. The van der Waals surface area contributed by atoms with E-state index in [1.54, 1.807) is 4.72 Å². The number of sulfonamides is 1. The number of hydrogen-bond donors (Lipinski definition) is 2. The van der Waals surface area contributed by atoms with E-state index in [0.29, 0.717) is 0 Å². The molecule has 66 valence electrons. The SMILES string of the molecule is CC(C)(N)C(=O)NS(C)(=O)=O. The lowest BCUT2D eigenvalue weighted by molar-refractivity contribution is -0.123. The lowest BCUT2D eigenvalue weighted by Gasteiger charge is -2.16. The Hall–Kier alpha value is -0.620. The van der Waals surface area contributed by atoms with Crippen LogP contribution in [-0.2, 0) is 14.8 Å². The number of nitrogens with one attached hydrogen (secondary N) is 1. The Balaban J connectivity index is 4.35. The molecule has 0 fully saturated rings. The molecule has 0 spiro atoms. The molecule has 0 atom stereocenters. The van der Waals surface area contributed by atoms with Gasteiger partial charge in [0.1, 0.15) is 0 Å². The molecule has 11 heavy (non-hydrogen) atoms. The van der Waals surface area contributed by atoms with E-state index in [4.69, 9.17) is 5.73 Å². The molecule has 0 bridgehead atoms. The third-order valence-corrected chi connectivity index (χ3v) is 1.42. The molecule has 0 radical (unpaired) electrons. The number of amides is 1. The fraction of sp³-hybridized carbons (Fsp3) is 0.800. The van der Waals surface area contributed by atoms with Gasteiger partial charge < -0.3 is 5.73 Å². The van der Waals surface area contributed by atoms with Crippen LogP contribution in [0.3, 0.4) is 0 Å². The van der Waals surface area contributed by atoms with E-state index >= 15 is 0 Å². The van der Waals surface area contributed by atoms with Gasteiger partial charge in [0.2, 0.25) is 10.0 Å². The molecule has 6 heteroatoms. The van der Waals surface area contributed by atoms with E-state index in [1.807, 2.05) is 0 Å². The summed E-state index contributed by atoms with van der Waals surface area (Å²) in [6, 6.07) is 0. The molecule has 5 nitrogen and oxygen atoms in total. The van der Waals surface area contributed by atoms with Gasteiger partial charge in [-0.2, -0.15) is 0 Å². The maximum absolute atomic E-state index is 10.9. The summed E-state index contributed by atoms with van der Waals surface area (Å²) >= 11 is 0. The molecule has 0 aliphatic heterocycles. The Morgan fingerprint density at radius 3 is 1.91 bits per heavy atom. The first-order valence-corrected chi connectivity index (χ1v) is 4.83. The van der Waals surface area contributed by atoms with Gasteiger partial charge in [-0.05, 0) is 13.8 Å². The van der Waals surface area contributed by atoms with Gasteiger partial charge in [0, 0.05) is 0 Å². The normalized spacial score (nSPS) is 12.7. The average Bonchev–Trinajstić information content (AvgIpc) is 1.56. The maximum atomic E-state index is 10.9.